The molecule has 0 unspecified atom stereocenters. The molecule has 118 valence electrons. The molecule has 23 heavy (non-hydrogen) atoms. The molecule has 0 saturated heterocycles. The number of fused-ring (bicyclic) bond motifs is 1. The van der Waals surface area contributed by atoms with Gasteiger partial charge in [0, 0.05) is 39.1 Å². The predicted octanol–water partition coefficient (Wildman–Crippen LogP) is 2.74. The Bertz CT molecular complexity index is 909. The molecule has 0 aliphatic carbocycles. The molecule has 0 spiro atoms. The first kappa shape index (κ1) is 15.6. The van der Waals surface area contributed by atoms with E-state index in [-0.39, 0.29) is 5.91 Å². The van der Waals surface area contributed by atoms with Crippen LogP contribution in [0.2, 0.25) is 5.02 Å². The highest BCUT2D eigenvalue weighted by Gasteiger charge is 2.10. The van der Waals surface area contributed by atoms with Crippen molar-refractivity contribution in [3.8, 4) is 0 Å². The molecule has 0 aliphatic rings. The topological polar surface area (TPSA) is 87.7 Å². The van der Waals surface area contributed by atoms with E-state index in [4.69, 9.17) is 11.6 Å². The number of benzene rings is 2. The van der Waals surface area contributed by atoms with Crippen LogP contribution in [0.1, 0.15) is 15.9 Å². The van der Waals surface area contributed by atoms with Gasteiger partial charge in [-0.05, 0) is 42.0 Å². The molecule has 1 amide bonds. The summed E-state index contributed by atoms with van der Waals surface area (Å²) in [5, 5.41) is 13.7. The molecule has 1 heterocycles. The van der Waals surface area contributed by atoms with E-state index in [0.717, 1.165) is 5.56 Å². The number of nitrogens with one attached hydrogen (secondary N) is 2. The van der Waals surface area contributed by atoms with E-state index in [9.17, 15) is 9.00 Å². The van der Waals surface area contributed by atoms with Crippen LogP contribution in [0.25, 0.3) is 11.0 Å². The fourth-order valence-corrected chi connectivity index (χ4v) is 3.11. The Morgan fingerprint density at radius 2 is 2.00 bits per heavy atom. The van der Waals surface area contributed by atoms with Gasteiger partial charge in [0.1, 0.15) is 11.0 Å². The predicted molar refractivity (Wildman–Crippen MR) is 91.1 cm³/mol. The normalized spacial score (nSPS) is 12.3. The molecule has 2 aromatic carbocycles. The number of halogens is 1. The maximum absolute atomic E-state index is 12.3. The van der Waals surface area contributed by atoms with Gasteiger partial charge in [-0.25, -0.2) is 0 Å². The second-order valence-electron chi connectivity index (χ2n) is 5.00. The van der Waals surface area contributed by atoms with Crippen LogP contribution >= 0.6 is 11.6 Å². The second-order valence-corrected chi connectivity index (χ2v) is 6.85. The van der Waals surface area contributed by atoms with E-state index in [0.29, 0.717) is 33.1 Å². The molecule has 1 atom stereocenters. The number of rotatable bonds is 4. The fourth-order valence-electron chi connectivity index (χ4n) is 2.17. The summed E-state index contributed by atoms with van der Waals surface area (Å²) in [7, 11) is -1.01. The maximum Gasteiger partial charge on any atom is 0.255 e. The van der Waals surface area contributed by atoms with Crippen LogP contribution in [0.3, 0.4) is 0 Å². The molecular formula is C15H13ClN4O2S. The third kappa shape index (κ3) is 3.57. The van der Waals surface area contributed by atoms with Crippen LogP contribution in [-0.4, -0.2) is 31.8 Å². The van der Waals surface area contributed by atoms with Crippen molar-refractivity contribution < 1.29 is 9.00 Å². The minimum Gasteiger partial charge on any atom is -0.322 e. The summed E-state index contributed by atoms with van der Waals surface area (Å²) in [6, 6.07) is 10.2. The van der Waals surface area contributed by atoms with Gasteiger partial charge in [0.25, 0.3) is 5.91 Å². The lowest BCUT2D eigenvalue weighted by Gasteiger charge is -2.08. The summed E-state index contributed by atoms with van der Waals surface area (Å²) >= 11 is 6.08. The maximum atomic E-state index is 12.3. The Balaban J connectivity index is 1.83. The molecule has 2 N–H and O–H groups in total. The lowest BCUT2D eigenvalue weighted by Crippen LogP contribution is -2.12. The number of nitrogens with zero attached hydrogens (tertiary/aromatic N) is 2. The van der Waals surface area contributed by atoms with Gasteiger partial charge >= 0.3 is 0 Å². The lowest BCUT2D eigenvalue weighted by atomic mass is 10.1. The molecule has 0 bridgehead atoms. The zero-order valence-corrected chi connectivity index (χ0v) is 13.7. The van der Waals surface area contributed by atoms with Crippen LogP contribution in [0.4, 0.5) is 5.69 Å². The number of aromatic nitrogens is 3. The number of amides is 1. The first-order chi connectivity index (χ1) is 11.0. The molecular weight excluding hydrogens is 336 g/mol. The monoisotopic (exact) mass is 348 g/mol. The van der Waals surface area contributed by atoms with Gasteiger partial charge in [0.2, 0.25) is 0 Å². The van der Waals surface area contributed by atoms with E-state index in [1.807, 2.05) is 0 Å². The highest BCUT2D eigenvalue weighted by Crippen LogP contribution is 2.22. The van der Waals surface area contributed by atoms with Crippen molar-refractivity contribution in [1.82, 2.24) is 15.4 Å². The van der Waals surface area contributed by atoms with E-state index >= 15 is 0 Å². The summed E-state index contributed by atoms with van der Waals surface area (Å²) in [4.78, 5) is 12.3. The Labute approximate surface area is 139 Å². The minimum atomic E-state index is -1.01. The number of hydrogen-bond acceptors (Lipinski definition) is 4. The van der Waals surface area contributed by atoms with Crippen LogP contribution in [0.5, 0.6) is 0 Å². The Hall–Kier alpha value is -2.25. The van der Waals surface area contributed by atoms with E-state index in [2.05, 4.69) is 20.7 Å². The standard InChI is InChI=1S/C15H13ClN4O2S/c1-23(22)8-10-6-11(3-4-12(10)16)17-15(21)9-2-5-13-14(7-9)19-20-18-13/h2-7H,8H2,1H3,(H,17,21)(H,18,19,20)/t23-/m1/s1. The third-order valence-corrected chi connectivity index (χ3v) is 4.33. The SMILES string of the molecule is C[S@@](=O)Cc1cc(NC(=O)c2ccc3n[nH]nc3c2)ccc1Cl. The smallest absolute Gasteiger partial charge is 0.255 e. The van der Waals surface area contributed by atoms with Gasteiger partial charge in [-0.15, -0.1) is 0 Å². The molecule has 1 aromatic heterocycles. The number of aromatic amines is 1. The number of carbonyl (C=O) groups excluding carboxylic acids is 1. The number of H-pyrrole nitrogens is 1. The highest BCUT2D eigenvalue weighted by atomic mass is 35.5. The van der Waals surface area contributed by atoms with E-state index in [1.54, 1.807) is 42.7 Å². The molecule has 0 fully saturated rings. The number of anilines is 1. The van der Waals surface area contributed by atoms with Crippen LogP contribution < -0.4 is 5.32 Å². The zero-order chi connectivity index (χ0) is 16.4. The van der Waals surface area contributed by atoms with Gasteiger partial charge in [0.05, 0.1) is 0 Å². The van der Waals surface area contributed by atoms with Crippen molar-refractivity contribution in [1.29, 1.82) is 0 Å². The number of hydrogen-bond donors (Lipinski definition) is 2. The van der Waals surface area contributed by atoms with Gasteiger partial charge in [-0.1, -0.05) is 11.6 Å². The van der Waals surface area contributed by atoms with Crippen molar-refractivity contribution in [2.45, 2.75) is 5.75 Å². The fraction of sp³-hybridized carbons (Fsp3) is 0.133. The summed E-state index contributed by atoms with van der Waals surface area (Å²) < 4.78 is 11.4. The quantitative estimate of drug-likeness (QED) is 0.758. The van der Waals surface area contributed by atoms with Gasteiger partial charge in [0.15, 0.2) is 0 Å². The summed E-state index contributed by atoms with van der Waals surface area (Å²) in [5.74, 6) is 0.0776. The molecule has 0 saturated carbocycles. The van der Waals surface area contributed by atoms with Crippen LogP contribution in [0, 0.1) is 0 Å². The largest absolute Gasteiger partial charge is 0.322 e. The highest BCUT2D eigenvalue weighted by molar-refractivity contribution is 7.83. The van der Waals surface area contributed by atoms with Crippen LogP contribution in [0.15, 0.2) is 36.4 Å². The molecule has 6 nitrogen and oxygen atoms in total. The van der Waals surface area contributed by atoms with Gasteiger partial charge < -0.3 is 5.32 Å². The Kier molecular flexibility index (Phi) is 4.40. The van der Waals surface area contributed by atoms with E-state index < -0.39 is 10.8 Å². The first-order valence-corrected chi connectivity index (χ1v) is 8.84. The van der Waals surface area contributed by atoms with Crippen molar-refractivity contribution >= 4 is 45.0 Å². The van der Waals surface area contributed by atoms with Gasteiger partial charge in [-0.3, -0.25) is 9.00 Å². The third-order valence-electron chi connectivity index (χ3n) is 3.24. The zero-order valence-electron chi connectivity index (χ0n) is 12.2. The number of carbonyl (C=O) groups is 1. The Morgan fingerprint density at radius 3 is 2.78 bits per heavy atom. The first-order valence-electron chi connectivity index (χ1n) is 6.73. The molecule has 3 rings (SSSR count). The van der Waals surface area contributed by atoms with Crippen molar-refractivity contribution in [2.75, 3.05) is 11.6 Å². The lowest BCUT2D eigenvalue weighted by molar-refractivity contribution is 0.102. The molecule has 3 aromatic rings. The van der Waals surface area contributed by atoms with Crippen molar-refractivity contribution in [2.24, 2.45) is 0 Å². The summed E-state index contributed by atoms with van der Waals surface area (Å²) in [5.41, 5.74) is 3.12. The van der Waals surface area contributed by atoms with Crippen molar-refractivity contribution in [3.63, 3.8) is 0 Å². The average molecular weight is 349 g/mol. The summed E-state index contributed by atoms with van der Waals surface area (Å²) in [6.07, 6.45) is 1.61. The summed E-state index contributed by atoms with van der Waals surface area (Å²) in [6.45, 7) is 0. The second kappa shape index (κ2) is 6.47. The molecule has 0 aliphatic heterocycles. The average Bonchev–Trinajstić information content (AvgIpc) is 2.97. The molecule has 0 radical (unpaired) electrons. The molecule has 8 heteroatoms. The van der Waals surface area contributed by atoms with Crippen molar-refractivity contribution in [3.05, 3.63) is 52.5 Å². The van der Waals surface area contributed by atoms with Gasteiger partial charge in [-0.2, -0.15) is 15.4 Å². The Morgan fingerprint density at radius 1 is 1.22 bits per heavy atom. The van der Waals surface area contributed by atoms with Crippen LogP contribution in [-0.2, 0) is 16.6 Å². The van der Waals surface area contributed by atoms with E-state index in [1.165, 1.54) is 0 Å². The minimum absolute atomic E-state index is 0.263.